The van der Waals surface area contributed by atoms with Gasteiger partial charge in [-0.3, -0.25) is 4.79 Å². The zero-order valence-electron chi connectivity index (χ0n) is 11.6. The minimum atomic E-state index is -0.180. The Morgan fingerprint density at radius 3 is 2.75 bits per heavy atom. The van der Waals surface area contributed by atoms with Crippen LogP contribution in [0.2, 0.25) is 0 Å². The Balaban J connectivity index is 1.65. The van der Waals surface area contributed by atoms with Crippen LogP contribution < -0.4 is 0 Å². The zero-order chi connectivity index (χ0) is 13.9. The predicted octanol–water partition coefficient (Wildman–Crippen LogP) is 3.16. The zero-order valence-corrected chi connectivity index (χ0v) is 13.1. The van der Waals surface area contributed by atoms with Gasteiger partial charge in [-0.15, -0.1) is 0 Å². The molecule has 1 amide bonds. The van der Waals surface area contributed by atoms with E-state index in [1.807, 2.05) is 0 Å². The Kier molecular flexibility index (Phi) is 4.41. The number of ether oxygens (including phenoxy) is 1. The van der Waals surface area contributed by atoms with Crippen LogP contribution in [-0.4, -0.2) is 36.1 Å². The van der Waals surface area contributed by atoms with Crippen molar-refractivity contribution >= 4 is 21.8 Å². The molecule has 3 nitrogen and oxygen atoms in total. The first-order valence-corrected chi connectivity index (χ1v) is 8.20. The van der Waals surface area contributed by atoms with Gasteiger partial charge in [0.1, 0.15) is 6.10 Å². The fourth-order valence-corrected chi connectivity index (χ4v) is 3.45. The van der Waals surface area contributed by atoms with E-state index in [4.69, 9.17) is 4.74 Å². The molecule has 2 heterocycles. The van der Waals surface area contributed by atoms with Gasteiger partial charge in [0, 0.05) is 23.7 Å². The Labute approximate surface area is 128 Å². The van der Waals surface area contributed by atoms with Gasteiger partial charge in [-0.25, -0.2) is 0 Å². The summed E-state index contributed by atoms with van der Waals surface area (Å²) in [4.78, 5) is 14.5. The number of carbonyl (C=O) groups is 1. The summed E-state index contributed by atoms with van der Waals surface area (Å²) in [6.45, 7) is 1.63. The normalized spacial score (nSPS) is 26.1. The molecule has 4 heteroatoms. The van der Waals surface area contributed by atoms with E-state index in [9.17, 15) is 4.79 Å². The van der Waals surface area contributed by atoms with Crippen LogP contribution in [0.1, 0.15) is 31.2 Å². The predicted molar refractivity (Wildman–Crippen MR) is 81.6 cm³/mol. The van der Waals surface area contributed by atoms with Gasteiger partial charge >= 0.3 is 0 Å². The highest BCUT2D eigenvalue weighted by Gasteiger charge is 2.34. The van der Waals surface area contributed by atoms with Crippen LogP contribution >= 0.6 is 15.9 Å². The number of amides is 1. The maximum atomic E-state index is 12.5. The summed E-state index contributed by atoms with van der Waals surface area (Å²) < 4.78 is 6.64. The van der Waals surface area contributed by atoms with E-state index in [2.05, 4.69) is 45.1 Å². The molecular formula is C16H20BrNO2. The second-order valence-electron chi connectivity index (χ2n) is 5.66. The maximum Gasteiger partial charge on any atom is 0.251 e. The first-order valence-electron chi connectivity index (χ1n) is 7.40. The fraction of sp³-hybridized carbons (Fsp3) is 0.562. The molecule has 0 bridgehead atoms. The number of halogens is 1. The molecule has 2 saturated heterocycles. The van der Waals surface area contributed by atoms with Gasteiger partial charge in [-0.05, 0) is 49.8 Å². The molecule has 0 aromatic heterocycles. The molecule has 1 aromatic carbocycles. The van der Waals surface area contributed by atoms with Crippen LogP contribution in [-0.2, 0) is 16.0 Å². The van der Waals surface area contributed by atoms with Crippen LogP contribution in [0.4, 0.5) is 0 Å². The van der Waals surface area contributed by atoms with Crippen molar-refractivity contribution in [2.45, 2.75) is 44.2 Å². The summed E-state index contributed by atoms with van der Waals surface area (Å²) in [5.74, 6) is 0.210. The lowest BCUT2D eigenvalue weighted by Gasteiger charge is -2.27. The molecule has 2 unspecified atom stereocenters. The van der Waals surface area contributed by atoms with Crippen molar-refractivity contribution in [1.82, 2.24) is 4.90 Å². The summed E-state index contributed by atoms with van der Waals surface area (Å²) in [7, 11) is 0. The monoisotopic (exact) mass is 337 g/mol. The van der Waals surface area contributed by atoms with Gasteiger partial charge in [0.25, 0.3) is 5.91 Å². The molecule has 2 aliphatic rings. The standard InChI is InChI=1S/C16H20BrNO2/c17-13-7-5-12(6-8-13)11-14-3-1-9-18(14)16(19)15-4-2-10-20-15/h5-8,14-15H,1-4,9-11H2. The molecule has 2 fully saturated rings. The van der Waals surface area contributed by atoms with Crippen molar-refractivity contribution in [3.8, 4) is 0 Å². The average Bonchev–Trinajstić information content (AvgIpc) is 3.12. The van der Waals surface area contributed by atoms with Crippen LogP contribution in [0.15, 0.2) is 28.7 Å². The molecule has 2 atom stereocenters. The summed E-state index contributed by atoms with van der Waals surface area (Å²) in [5.41, 5.74) is 1.30. The lowest BCUT2D eigenvalue weighted by Crippen LogP contribution is -2.42. The molecule has 0 radical (unpaired) electrons. The number of nitrogens with zero attached hydrogens (tertiary/aromatic N) is 1. The second kappa shape index (κ2) is 6.27. The van der Waals surface area contributed by atoms with Crippen molar-refractivity contribution in [2.24, 2.45) is 0 Å². The lowest BCUT2D eigenvalue weighted by molar-refractivity contribution is -0.141. The van der Waals surface area contributed by atoms with Crippen LogP contribution in [0, 0.1) is 0 Å². The number of hydrogen-bond acceptors (Lipinski definition) is 2. The van der Waals surface area contributed by atoms with Crippen molar-refractivity contribution < 1.29 is 9.53 Å². The van der Waals surface area contributed by atoms with E-state index in [1.54, 1.807) is 0 Å². The van der Waals surface area contributed by atoms with Crippen molar-refractivity contribution in [1.29, 1.82) is 0 Å². The Morgan fingerprint density at radius 1 is 1.25 bits per heavy atom. The Hall–Kier alpha value is -0.870. The van der Waals surface area contributed by atoms with Crippen molar-refractivity contribution in [2.75, 3.05) is 13.2 Å². The van der Waals surface area contributed by atoms with Gasteiger partial charge in [-0.1, -0.05) is 28.1 Å². The second-order valence-corrected chi connectivity index (χ2v) is 6.58. The third kappa shape index (κ3) is 3.07. The average molecular weight is 338 g/mol. The number of likely N-dealkylation sites (tertiary alicyclic amines) is 1. The topological polar surface area (TPSA) is 29.5 Å². The number of carbonyl (C=O) groups excluding carboxylic acids is 1. The first-order chi connectivity index (χ1) is 9.74. The van der Waals surface area contributed by atoms with Crippen molar-refractivity contribution in [3.63, 3.8) is 0 Å². The summed E-state index contributed by atoms with van der Waals surface area (Å²) in [6.07, 6.45) is 4.89. The van der Waals surface area contributed by atoms with E-state index in [-0.39, 0.29) is 12.0 Å². The first kappa shape index (κ1) is 14.1. The van der Waals surface area contributed by atoms with Crippen LogP contribution in [0.25, 0.3) is 0 Å². The van der Waals surface area contributed by atoms with E-state index >= 15 is 0 Å². The number of benzene rings is 1. The Bertz CT molecular complexity index is 468. The molecule has 3 rings (SSSR count). The molecule has 0 N–H and O–H groups in total. The number of rotatable bonds is 3. The van der Waals surface area contributed by atoms with Gasteiger partial charge in [0.15, 0.2) is 0 Å². The minimum Gasteiger partial charge on any atom is -0.368 e. The van der Waals surface area contributed by atoms with E-state index in [0.717, 1.165) is 49.7 Å². The summed E-state index contributed by atoms with van der Waals surface area (Å²) in [6, 6.07) is 8.74. The molecule has 2 aliphatic heterocycles. The third-order valence-electron chi connectivity index (χ3n) is 4.25. The smallest absolute Gasteiger partial charge is 0.251 e. The van der Waals surface area contributed by atoms with Gasteiger partial charge < -0.3 is 9.64 Å². The highest BCUT2D eigenvalue weighted by atomic mass is 79.9. The molecule has 0 saturated carbocycles. The minimum absolute atomic E-state index is 0.180. The van der Waals surface area contributed by atoms with E-state index in [0.29, 0.717) is 6.04 Å². The fourth-order valence-electron chi connectivity index (χ4n) is 3.19. The van der Waals surface area contributed by atoms with Gasteiger partial charge in [0.05, 0.1) is 0 Å². The van der Waals surface area contributed by atoms with Crippen molar-refractivity contribution in [3.05, 3.63) is 34.3 Å². The lowest BCUT2D eigenvalue weighted by atomic mass is 10.0. The molecule has 108 valence electrons. The highest BCUT2D eigenvalue weighted by molar-refractivity contribution is 9.10. The molecular weight excluding hydrogens is 318 g/mol. The van der Waals surface area contributed by atoms with Crippen LogP contribution in [0.5, 0.6) is 0 Å². The molecule has 20 heavy (non-hydrogen) atoms. The Morgan fingerprint density at radius 2 is 2.05 bits per heavy atom. The van der Waals surface area contributed by atoms with E-state index in [1.165, 1.54) is 5.56 Å². The SMILES string of the molecule is O=C(C1CCCO1)N1CCCC1Cc1ccc(Br)cc1. The summed E-state index contributed by atoms with van der Waals surface area (Å²) >= 11 is 3.46. The molecule has 0 aliphatic carbocycles. The molecule has 0 spiro atoms. The summed E-state index contributed by atoms with van der Waals surface area (Å²) in [5, 5.41) is 0. The van der Waals surface area contributed by atoms with E-state index < -0.39 is 0 Å². The van der Waals surface area contributed by atoms with Gasteiger partial charge in [0.2, 0.25) is 0 Å². The number of hydrogen-bond donors (Lipinski definition) is 0. The largest absolute Gasteiger partial charge is 0.368 e. The van der Waals surface area contributed by atoms with Crippen LogP contribution in [0.3, 0.4) is 0 Å². The van der Waals surface area contributed by atoms with Gasteiger partial charge in [-0.2, -0.15) is 0 Å². The molecule has 1 aromatic rings. The third-order valence-corrected chi connectivity index (χ3v) is 4.78. The quantitative estimate of drug-likeness (QED) is 0.847. The maximum absolute atomic E-state index is 12.5. The highest BCUT2D eigenvalue weighted by Crippen LogP contribution is 2.25.